The van der Waals surface area contributed by atoms with Crippen LogP contribution in [-0.4, -0.2) is 59.1 Å². The monoisotopic (exact) mass is 418 g/mol. The molecule has 4 aromatic rings. The quantitative estimate of drug-likeness (QED) is 0.491. The average molecular weight is 418 g/mol. The minimum Gasteiger partial charge on any atom is -0.497 e. The van der Waals surface area contributed by atoms with Crippen LogP contribution in [0, 0.1) is 0 Å². The molecule has 158 valence electrons. The summed E-state index contributed by atoms with van der Waals surface area (Å²) in [5, 5.41) is 5.02. The number of furan rings is 1. The third kappa shape index (κ3) is 4.02. The summed E-state index contributed by atoms with van der Waals surface area (Å²) < 4.78 is 16.3. The zero-order valence-electron chi connectivity index (χ0n) is 17.2. The molecule has 31 heavy (non-hydrogen) atoms. The van der Waals surface area contributed by atoms with Crippen molar-refractivity contribution in [1.29, 1.82) is 0 Å². The van der Waals surface area contributed by atoms with E-state index in [1.54, 1.807) is 7.11 Å². The number of aromatic nitrogens is 2. The molecular formula is C23H22N4O4. The van der Waals surface area contributed by atoms with Gasteiger partial charge >= 0.3 is 0 Å². The Bertz CT molecular complexity index is 1160. The SMILES string of the molecule is COc1ccc(-c2noc(CN3CCN(C(=O)c4cc5ccccc5o4)CC3)n2)cc1. The lowest BCUT2D eigenvalue weighted by atomic mass is 10.2. The number of rotatable bonds is 5. The number of piperazine rings is 1. The zero-order chi connectivity index (χ0) is 21.2. The number of ether oxygens (including phenoxy) is 1. The fourth-order valence-corrected chi connectivity index (χ4v) is 3.72. The lowest BCUT2D eigenvalue weighted by Gasteiger charge is -2.33. The van der Waals surface area contributed by atoms with Crippen molar-refractivity contribution < 1.29 is 18.5 Å². The zero-order valence-corrected chi connectivity index (χ0v) is 17.2. The molecule has 8 heteroatoms. The van der Waals surface area contributed by atoms with Crippen molar-refractivity contribution in [2.45, 2.75) is 6.54 Å². The van der Waals surface area contributed by atoms with Gasteiger partial charge in [-0.15, -0.1) is 0 Å². The molecule has 2 aromatic carbocycles. The number of carbonyl (C=O) groups is 1. The van der Waals surface area contributed by atoms with Crippen LogP contribution < -0.4 is 4.74 Å². The van der Waals surface area contributed by atoms with Gasteiger partial charge in [0.05, 0.1) is 13.7 Å². The van der Waals surface area contributed by atoms with Crippen LogP contribution in [0.5, 0.6) is 5.75 Å². The second kappa shape index (κ2) is 8.23. The van der Waals surface area contributed by atoms with Crippen LogP contribution in [0.2, 0.25) is 0 Å². The summed E-state index contributed by atoms with van der Waals surface area (Å²) in [5.74, 6) is 2.20. The van der Waals surface area contributed by atoms with E-state index in [1.807, 2.05) is 59.5 Å². The van der Waals surface area contributed by atoms with Gasteiger partial charge < -0.3 is 18.6 Å². The Kier molecular flexibility index (Phi) is 5.13. The number of methoxy groups -OCH3 is 1. The van der Waals surface area contributed by atoms with Crippen molar-refractivity contribution in [3.8, 4) is 17.1 Å². The molecule has 2 aromatic heterocycles. The molecule has 1 saturated heterocycles. The second-order valence-electron chi connectivity index (χ2n) is 7.46. The summed E-state index contributed by atoms with van der Waals surface area (Å²) in [6.45, 7) is 3.25. The lowest BCUT2D eigenvalue weighted by molar-refractivity contribution is 0.0587. The first-order valence-corrected chi connectivity index (χ1v) is 10.2. The molecule has 1 aliphatic rings. The summed E-state index contributed by atoms with van der Waals surface area (Å²) >= 11 is 0. The number of carbonyl (C=O) groups excluding carboxylic acids is 1. The Balaban J connectivity index is 1.18. The van der Waals surface area contributed by atoms with E-state index in [-0.39, 0.29) is 5.91 Å². The van der Waals surface area contributed by atoms with E-state index in [0.717, 1.165) is 35.4 Å². The predicted molar refractivity (Wildman–Crippen MR) is 114 cm³/mol. The van der Waals surface area contributed by atoms with Gasteiger partial charge in [-0.25, -0.2) is 0 Å². The summed E-state index contributed by atoms with van der Waals surface area (Å²) in [6, 6.07) is 17.0. The Morgan fingerprint density at radius 1 is 1.06 bits per heavy atom. The minimum atomic E-state index is -0.0737. The number of nitrogens with zero attached hydrogens (tertiary/aromatic N) is 4. The Morgan fingerprint density at radius 2 is 1.84 bits per heavy atom. The summed E-state index contributed by atoms with van der Waals surface area (Å²) in [5.41, 5.74) is 1.60. The number of hydrogen-bond donors (Lipinski definition) is 0. The normalized spacial score (nSPS) is 14.8. The molecule has 0 bridgehead atoms. The standard InChI is InChI=1S/C23H22N4O4/c1-29-18-8-6-16(7-9-18)22-24-21(31-25-22)15-26-10-12-27(13-11-26)23(28)20-14-17-4-2-3-5-19(17)30-20/h2-9,14H,10-13,15H2,1H3. The van der Waals surface area contributed by atoms with Crippen molar-refractivity contribution in [3.05, 3.63) is 66.2 Å². The first-order valence-electron chi connectivity index (χ1n) is 10.2. The van der Waals surface area contributed by atoms with Crippen LogP contribution in [0.4, 0.5) is 0 Å². The van der Waals surface area contributed by atoms with Crippen molar-refractivity contribution in [2.75, 3.05) is 33.3 Å². The Hall–Kier alpha value is -3.65. The smallest absolute Gasteiger partial charge is 0.289 e. The third-order valence-electron chi connectivity index (χ3n) is 5.47. The van der Waals surface area contributed by atoms with E-state index in [0.29, 0.717) is 37.1 Å². The van der Waals surface area contributed by atoms with Gasteiger partial charge in [-0.2, -0.15) is 4.98 Å². The van der Waals surface area contributed by atoms with Crippen LogP contribution in [0.25, 0.3) is 22.4 Å². The van der Waals surface area contributed by atoms with Gasteiger partial charge in [0.1, 0.15) is 11.3 Å². The maximum atomic E-state index is 12.8. The molecule has 1 amide bonds. The van der Waals surface area contributed by atoms with Crippen molar-refractivity contribution in [3.63, 3.8) is 0 Å². The fourth-order valence-electron chi connectivity index (χ4n) is 3.72. The molecule has 0 saturated carbocycles. The second-order valence-corrected chi connectivity index (χ2v) is 7.46. The highest BCUT2D eigenvalue weighted by atomic mass is 16.5. The number of benzene rings is 2. The van der Waals surface area contributed by atoms with E-state index in [9.17, 15) is 4.79 Å². The molecular weight excluding hydrogens is 396 g/mol. The molecule has 5 rings (SSSR count). The highest BCUT2D eigenvalue weighted by molar-refractivity contribution is 5.96. The number of fused-ring (bicyclic) bond motifs is 1. The maximum absolute atomic E-state index is 12.8. The molecule has 0 aliphatic carbocycles. The van der Waals surface area contributed by atoms with Gasteiger partial charge in [0.2, 0.25) is 11.7 Å². The van der Waals surface area contributed by atoms with Crippen LogP contribution in [-0.2, 0) is 6.54 Å². The molecule has 1 fully saturated rings. The molecule has 3 heterocycles. The van der Waals surface area contributed by atoms with E-state index >= 15 is 0 Å². The summed E-state index contributed by atoms with van der Waals surface area (Å²) in [4.78, 5) is 21.3. The van der Waals surface area contributed by atoms with Crippen LogP contribution in [0.1, 0.15) is 16.4 Å². The molecule has 0 radical (unpaired) electrons. The Morgan fingerprint density at radius 3 is 2.58 bits per heavy atom. The highest BCUT2D eigenvalue weighted by Crippen LogP contribution is 2.22. The van der Waals surface area contributed by atoms with Gasteiger partial charge in [0.25, 0.3) is 5.91 Å². The molecule has 8 nitrogen and oxygen atoms in total. The number of hydrogen-bond acceptors (Lipinski definition) is 7. The minimum absolute atomic E-state index is 0.0737. The molecule has 0 N–H and O–H groups in total. The largest absolute Gasteiger partial charge is 0.497 e. The molecule has 0 spiro atoms. The lowest BCUT2D eigenvalue weighted by Crippen LogP contribution is -2.48. The third-order valence-corrected chi connectivity index (χ3v) is 5.47. The molecule has 1 aliphatic heterocycles. The molecule has 0 unspecified atom stereocenters. The van der Waals surface area contributed by atoms with Gasteiger partial charge in [0.15, 0.2) is 5.76 Å². The first-order chi connectivity index (χ1) is 15.2. The van der Waals surface area contributed by atoms with E-state index < -0.39 is 0 Å². The molecule has 0 atom stereocenters. The van der Waals surface area contributed by atoms with Gasteiger partial charge in [-0.3, -0.25) is 9.69 Å². The summed E-state index contributed by atoms with van der Waals surface area (Å²) in [7, 11) is 1.63. The van der Waals surface area contributed by atoms with Crippen molar-refractivity contribution in [2.24, 2.45) is 0 Å². The van der Waals surface area contributed by atoms with Gasteiger partial charge in [-0.1, -0.05) is 23.4 Å². The van der Waals surface area contributed by atoms with Crippen molar-refractivity contribution >= 4 is 16.9 Å². The Labute approximate surface area is 179 Å². The van der Waals surface area contributed by atoms with Crippen molar-refractivity contribution in [1.82, 2.24) is 19.9 Å². The van der Waals surface area contributed by atoms with Crippen LogP contribution in [0.15, 0.2) is 63.5 Å². The highest BCUT2D eigenvalue weighted by Gasteiger charge is 2.25. The van der Waals surface area contributed by atoms with Crippen LogP contribution >= 0.6 is 0 Å². The van der Waals surface area contributed by atoms with Gasteiger partial charge in [0, 0.05) is 37.1 Å². The topological polar surface area (TPSA) is 84.8 Å². The average Bonchev–Trinajstić information content (AvgIpc) is 3.46. The van der Waals surface area contributed by atoms with Gasteiger partial charge in [-0.05, 0) is 36.4 Å². The maximum Gasteiger partial charge on any atom is 0.289 e. The number of para-hydroxylation sites is 1. The first kappa shape index (κ1) is 19.3. The van der Waals surface area contributed by atoms with Crippen LogP contribution in [0.3, 0.4) is 0 Å². The predicted octanol–water partition coefficient (Wildman–Crippen LogP) is 3.45. The fraction of sp³-hybridized carbons (Fsp3) is 0.261. The number of amides is 1. The van der Waals surface area contributed by atoms with E-state index in [2.05, 4.69) is 15.0 Å². The summed E-state index contributed by atoms with van der Waals surface area (Å²) in [6.07, 6.45) is 0. The van der Waals surface area contributed by atoms with E-state index in [4.69, 9.17) is 13.7 Å². The van der Waals surface area contributed by atoms with E-state index in [1.165, 1.54) is 0 Å².